The molecule has 9 heteroatoms. The molecule has 166 valence electrons. The average Bonchev–Trinajstić information content (AvgIpc) is 3.30. The summed E-state index contributed by atoms with van der Waals surface area (Å²) < 4.78 is 1.82. The van der Waals surface area contributed by atoms with Gasteiger partial charge in [-0.3, -0.25) is 9.59 Å². The fourth-order valence-corrected chi connectivity index (χ4v) is 4.93. The van der Waals surface area contributed by atoms with Crippen LogP contribution in [-0.2, 0) is 16.8 Å². The summed E-state index contributed by atoms with van der Waals surface area (Å²) in [6.45, 7) is 7.72. The van der Waals surface area contributed by atoms with Crippen LogP contribution in [0, 0.1) is 0 Å². The number of nitrogens with zero attached hydrogens (tertiary/aromatic N) is 5. The van der Waals surface area contributed by atoms with Crippen LogP contribution in [0.5, 0.6) is 0 Å². The zero-order valence-corrected chi connectivity index (χ0v) is 18.6. The van der Waals surface area contributed by atoms with Crippen LogP contribution in [0.1, 0.15) is 49.8 Å². The Bertz CT molecular complexity index is 1210. The molecule has 1 fully saturated rings. The average molecular weight is 434 g/mol. The minimum Gasteiger partial charge on any atom is -0.355 e. The van der Waals surface area contributed by atoms with Gasteiger partial charge < -0.3 is 20.1 Å². The number of aromatic nitrogens is 4. The Hall–Kier alpha value is -3.49. The molecule has 0 aliphatic carbocycles. The largest absolute Gasteiger partial charge is 0.355 e. The van der Waals surface area contributed by atoms with E-state index in [1.807, 2.05) is 49.6 Å². The van der Waals surface area contributed by atoms with E-state index < -0.39 is 5.41 Å². The standard InChI is InChI=1S/C23H27N7O2/c1-4-30-19-17(28-20(30)21(31)26-14(2)3)18(24-13-25-19)29-11-9-23(10-12-29)15-7-5-6-8-16(15)27-22(23)32/h5-8,13-14H,4,9-12H2,1-3H3,(H,26,31)(H,27,32). The zero-order valence-electron chi connectivity index (χ0n) is 18.6. The van der Waals surface area contributed by atoms with E-state index in [0.717, 1.165) is 11.3 Å². The van der Waals surface area contributed by atoms with Gasteiger partial charge in [-0.15, -0.1) is 0 Å². The first-order valence-corrected chi connectivity index (χ1v) is 11.1. The topological polar surface area (TPSA) is 105 Å². The highest BCUT2D eigenvalue weighted by molar-refractivity contribution is 6.06. The van der Waals surface area contributed by atoms with Gasteiger partial charge in [0.05, 0.1) is 5.41 Å². The van der Waals surface area contributed by atoms with Crippen LogP contribution >= 0.6 is 0 Å². The number of hydrogen-bond donors (Lipinski definition) is 2. The predicted octanol–water partition coefficient (Wildman–Crippen LogP) is 2.47. The number of rotatable bonds is 4. The Morgan fingerprint density at radius 3 is 2.69 bits per heavy atom. The summed E-state index contributed by atoms with van der Waals surface area (Å²) in [7, 11) is 0. The van der Waals surface area contributed by atoms with Crippen LogP contribution in [0.15, 0.2) is 30.6 Å². The molecule has 32 heavy (non-hydrogen) atoms. The van der Waals surface area contributed by atoms with Crippen LogP contribution in [0.3, 0.4) is 0 Å². The van der Waals surface area contributed by atoms with Crippen LogP contribution in [-0.4, -0.2) is 50.5 Å². The number of benzene rings is 1. The molecule has 2 N–H and O–H groups in total. The molecular formula is C23H27N7O2. The van der Waals surface area contributed by atoms with E-state index in [-0.39, 0.29) is 17.9 Å². The van der Waals surface area contributed by atoms with Gasteiger partial charge in [0.15, 0.2) is 17.0 Å². The Morgan fingerprint density at radius 1 is 1.22 bits per heavy atom. The van der Waals surface area contributed by atoms with E-state index in [4.69, 9.17) is 0 Å². The third-order valence-corrected chi connectivity index (χ3v) is 6.49. The fraction of sp³-hybridized carbons (Fsp3) is 0.435. The van der Waals surface area contributed by atoms with E-state index in [1.165, 1.54) is 6.33 Å². The van der Waals surface area contributed by atoms with Gasteiger partial charge in [-0.25, -0.2) is 15.0 Å². The number of carbonyl (C=O) groups excluding carboxylic acids is 2. The molecule has 4 heterocycles. The summed E-state index contributed by atoms with van der Waals surface area (Å²) >= 11 is 0. The van der Waals surface area contributed by atoms with Gasteiger partial charge in [-0.2, -0.15) is 0 Å². The SMILES string of the molecule is CCn1c(C(=O)NC(C)C)nc2c(N3CCC4(CC3)C(=O)Nc3ccccc34)ncnc21. The van der Waals surface area contributed by atoms with E-state index in [1.54, 1.807) is 0 Å². The molecule has 2 aliphatic heterocycles. The second kappa shape index (κ2) is 7.58. The number of para-hydroxylation sites is 1. The lowest BCUT2D eigenvalue weighted by molar-refractivity contribution is -0.121. The van der Waals surface area contributed by atoms with Crippen molar-refractivity contribution in [3.05, 3.63) is 42.0 Å². The molecule has 1 saturated heterocycles. The molecule has 2 amide bonds. The number of hydrogen-bond acceptors (Lipinski definition) is 6. The first-order chi connectivity index (χ1) is 15.4. The van der Waals surface area contributed by atoms with E-state index in [9.17, 15) is 9.59 Å². The number of fused-ring (bicyclic) bond motifs is 3. The predicted molar refractivity (Wildman–Crippen MR) is 122 cm³/mol. The minimum absolute atomic E-state index is 0.0110. The van der Waals surface area contributed by atoms with Gasteiger partial charge in [0, 0.05) is 31.4 Å². The number of imidazole rings is 1. The minimum atomic E-state index is -0.496. The van der Waals surface area contributed by atoms with Crippen molar-refractivity contribution in [1.82, 2.24) is 24.8 Å². The summed E-state index contributed by atoms with van der Waals surface area (Å²) in [6, 6.07) is 7.96. The summed E-state index contributed by atoms with van der Waals surface area (Å²) in [5.41, 5.74) is 2.77. The van der Waals surface area contributed by atoms with Crippen LogP contribution in [0.4, 0.5) is 11.5 Å². The Kier molecular flexibility index (Phi) is 4.83. The molecular weight excluding hydrogens is 406 g/mol. The molecule has 9 nitrogen and oxygen atoms in total. The quantitative estimate of drug-likeness (QED) is 0.655. The molecule has 5 rings (SSSR count). The maximum Gasteiger partial charge on any atom is 0.287 e. The first-order valence-electron chi connectivity index (χ1n) is 11.1. The summed E-state index contributed by atoms with van der Waals surface area (Å²) in [4.78, 5) is 41.4. The third kappa shape index (κ3) is 3.03. The molecule has 3 aromatic rings. The molecule has 0 bridgehead atoms. The Labute approximate surface area is 186 Å². The zero-order chi connectivity index (χ0) is 22.5. The van der Waals surface area contributed by atoms with Gasteiger partial charge in [0.2, 0.25) is 11.7 Å². The van der Waals surface area contributed by atoms with Gasteiger partial charge in [0.1, 0.15) is 6.33 Å². The third-order valence-electron chi connectivity index (χ3n) is 6.49. The lowest BCUT2D eigenvalue weighted by atomic mass is 9.73. The van der Waals surface area contributed by atoms with Gasteiger partial charge in [-0.05, 0) is 45.2 Å². The van der Waals surface area contributed by atoms with Crippen molar-refractivity contribution in [2.75, 3.05) is 23.3 Å². The van der Waals surface area contributed by atoms with E-state index in [2.05, 4.69) is 30.5 Å². The van der Waals surface area contributed by atoms with Gasteiger partial charge in [-0.1, -0.05) is 18.2 Å². The van der Waals surface area contributed by atoms with Crippen molar-refractivity contribution in [2.45, 2.75) is 51.6 Å². The van der Waals surface area contributed by atoms with E-state index in [0.29, 0.717) is 55.3 Å². The molecule has 1 aromatic carbocycles. The monoisotopic (exact) mass is 433 g/mol. The summed E-state index contributed by atoms with van der Waals surface area (Å²) in [6.07, 6.45) is 2.91. The molecule has 2 aliphatic rings. The smallest absolute Gasteiger partial charge is 0.287 e. The molecule has 0 radical (unpaired) electrons. The number of piperidine rings is 1. The van der Waals surface area contributed by atoms with Crippen molar-refractivity contribution in [3.63, 3.8) is 0 Å². The fourth-order valence-electron chi connectivity index (χ4n) is 4.93. The highest BCUT2D eigenvalue weighted by Gasteiger charge is 2.48. The van der Waals surface area contributed by atoms with Crippen molar-refractivity contribution in [2.24, 2.45) is 0 Å². The second-order valence-electron chi connectivity index (χ2n) is 8.75. The van der Waals surface area contributed by atoms with Crippen molar-refractivity contribution >= 4 is 34.5 Å². The Morgan fingerprint density at radius 2 is 1.97 bits per heavy atom. The molecule has 1 spiro atoms. The summed E-state index contributed by atoms with van der Waals surface area (Å²) in [5.74, 6) is 0.912. The number of nitrogens with one attached hydrogen (secondary N) is 2. The van der Waals surface area contributed by atoms with Crippen molar-refractivity contribution in [3.8, 4) is 0 Å². The first kappa shape index (κ1) is 20.4. The molecule has 0 saturated carbocycles. The lowest BCUT2D eigenvalue weighted by Gasteiger charge is -2.38. The highest BCUT2D eigenvalue weighted by atomic mass is 16.2. The van der Waals surface area contributed by atoms with Crippen molar-refractivity contribution < 1.29 is 9.59 Å². The number of amides is 2. The van der Waals surface area contributed by atoms with E-state index >= 15 is 0 Å². The number of aryl methyl sites for hydroxylation is 1. The summed E-state index contributed by atoms with van der Waals surface area (Å²) in [5, 5.41) is 5.96. The normalized spacial score (nSPS) is 17.1. The maximum absolute atomic E-state index is 12.9. The number of carbonyl (C=O) groups is 2. The van der Waals surface area contributed by atoms with Crippen LogP contribution < -0.4 is 15.5 Å². The Balaban J connectivity index is 1.47. The molecule has 2 aromatic heterocycles. The molecule has 0 unspecified atom stereocenters. The van der Waals surface area contributed by atoms with Gasteiger partial charge >= 0.3 is 0 Å². The molecule has 0 atom stereocenters. The van der Waals surface area contributed by atoms with Crippen LogP contribution in [0.25, 0.3) is 11.2 Å². The van der Waals surface area contributed by atoms with Crippen molar-refractivity contribution in [1.29, 1.82) is 0 Å². The van der Waals surface area contributed by atoms with Gasteiger partial charge in [0.25, 0.3) is 5.91 Å². The maximum atomic E-state index is 12.9. The van der Waals surface area contributed by atoms with Crippen LogP contribution in [0.2, 0.25) is 0 Å². The number of anilines is 2. The highest BCUT2D eigenvalue weighted by Crippen LogP contribution is 2.45. The lowest BCUT2D eigenvalue weighted by Crippen LogP contribution is -2.46. The second-order valence-corrected chi connectivity index (χ2v) is 8.75.